The molecule has 1 aliphatic rings. The highest BCUT2D eigenvalue weighted by atomic mass is 16.5. The van der Waals surface area contributed by atoms with Gasteiger partial charge in [-0.15, -0.1) is 0 Å². The number of benzene rings is 2. The number of aromatic carboxylic acids is 1. The maximum atomic E-state index is 11.9. The summed E-state index contributed by atoms with van der Waals surface area (Å²) >= 11 is 0. The van der Waals surface area contributed by atoms with E-state index >= 15 is 0 Å². The Bertz CT molecular complexity index is 872. The van der Waals surface area contributed by atoms with E-state index in [4.69, 9.17) is 4.74 Å². The number of piperidine rings is 1. The topological polar surface area (TPSA) is 73.2 Å². The average molecular weight is 427 g/mol. The van der Waals surface area contributed by atoms with Gasteiger partial charge in [0.05, 0.1) is 11.3 Å². The summed E-state index contributed by atoms with van der Waals surface area (Å²) in [6.45, 7) is 9.19. The van der Waals surface area contributed by atoms with Crippen LogP contribution in [0.1, 0.15) is 54.6 Å². The van der Waals surface area contributed by atoms with E-state index < -0.39 is 12.2 Å². The summed E-state index contributed by atoms with van der Waals surface area (Å²) in [6, 6.07) is 11.2. The van der Waals surface area contributed by atoms with Gasteiger partial charge in [0, 0.05) is 25.1 Å². The first-order chi connectivity index (χ1) is 14.9. The van der Waals surface area contributed by atoms with E-state index in [1.54, 1.807) is 12.1 Å². The summed E-state index contributed by atoms with van der Waals surface area (Å²) in [5.41, 5.74) is 2.86. The standard InChI is InChI=1S/C25H34N2O4/c1-4-26(5-2)23(28)17-19-15-20(25(29)30)16-22(27-13-7-6-8-14-27)24(19)31-21-11-9-18(3)10-12-21/h9-12,15-16,23,28H,4-8,13-14,17H2,1-3H3,(H,29,30)/t23-/m1/s1. The molecule has 1 atom stereocenters. The van der Waals surface area contributed by atoms with Crippen molar-refractivity contribution in [2.24, 2.45) is 0 Å². The van der Waals surface area contributed by atoms with Crippen molar-refractivity contribution in [3.63, 3.8) is 0 Å². The van der Waals surface area contributed by atoms with Crippen LogP contribution in [0.3, 0.4) is 0 Å². The van der Waals surface area contributed by atoms with Gasteiger partial charge in [0.1, 0.15) is 12.0 Å². The molecular formula is C25H34N2O4. The first kappa shape index (κ1) is 23.1. The van der Waals surface area contributed by atoms with Gasteiger partial charge in [0.2, 0.25) is 0 Å². The molecule has 1 heterocycles. The molecule has 0 aromatic heterocycles. The number of nitrogens with zero attached hydrogens (tertiary/aromatic N) is 2. The maximum Gasteiger partial charge on any atom is 0.335 e. The lowest BCUT2D eigenvalue weighted by molar-refractivity contribution is 0.0112. The number of hydrogen-bond donors (Lipinski definition) is 2. The zero-order valence-electron chi connectivity index (χ0n) is 18.8. The number of rotatable bonds is 9. The third kappa shape index (κ3) is 5.77. The molecule has 0 radical (unpaired) electrons. The zero-order valence-corrected chi connectivity index (χ0v) is 18.8. The third-order valence-electron chi connectivity index (χ3n) is 5.97. The van der Waals surface area contributed by atoms with Crippen LogP contribution in [0.2, 0.25) is 0 Å². The van der Waals surface area contributed by atoms with Crippen molar-refractivity contribution in [2.45, 2.75) is 52.7 Å². The fourth-order valence-corrected chi connectivity index (χ4v) is 4.13. The van der Waals surface area contributed by atoms with Gasteiger partial charge in [-0.3, -0.25) is 4.90 Å². The molecule has 0 amide bonds. The summed E-state index contributed by atoms with van der Waals surface area (Å²) in [5.74, 6) is 0.367. The van der Waals surface area contributed by atoms with Crippen molar-refractivity contribution in [1.82, 2.24) is 4.90 Å². The molecule has 1 aliphatic heterocycles. The summed E-state index contributed by atoms with van der Waals surface area (Å²) in [4.78, 5) is 16.1. The van der Waals surface area contributed by atoms with Crippen molar-refractivity contribution < 1.29 is 19.7 Å². The molecule has 2 aromatic rings. The lowest BCUT2D eigenvalue weighted by Gasteiger charge is -2.32. The van der Waals surface area contributed by atoms with Crippen LogP contribution in [0, 0.1) is 6.92 Å². The van der Waals surface area contributed by atoms with Crippen LogP contribution in [0.5, 0.6) is 11.5 Å². The predicted octanol–water partition coefficient (Wildman–Crippen LogP) is 4.68. The number of ether oxygens (including phenoxy) is 1. The van der Waals surface area contributed by atoms with E-state index in [0.717, 1.165) is 37.2 Å². The third-order valence-corrected chi connectivity index (χ3v) is 5.97. The Morgan fingerprint density at radius 1 is 1.10 bits per heavy atom. The minimum Gasteiger partial charge on any atom is -0.478 e. The monoisotopic (exact) mass is 426 g/mol. The molecule has 0 saturated carbocycles. The van der Waals surface area contributed by atoms with Gasteiger partial charge >= 0.3 is 5.97 Å². The number of carboxylic acids is 1. The second-order valence-electron chi connectivity index (χ2n) is 8.16. The molecule has 2 N–H and O–H groups in total. The van der Waals surface area contributed by atoms with Gasteiger partial charge in [0.15, 0.2) is 5.75 Å². The number of aliphatic hydroxyl groups excluding tert-OH is 1. The Labute approximate surface area is 185 Å². The first-order valence-corrected chi connectivity index (χ1v) is 11.2. The van der Waals surface area contributed by atoms with E-state index in [2.05, 4.69) is 4.90 Å². The van der Waals surface area contributed by atoms with Gasteiger partial charge in [0.25, 0.3) is 0 Å². The van der Waals surface area contributed by atoms with E-state index in [9.17, 15) is 15.0 Å². The van der Waals surface area contributed by atoms with E-state index in [1.807, 2.05) is 49.9 Å². The zero-order chi connectivity index (χ0) is 22.4. The summed E-state index contributed by atoms with van der Waals surface area (Å²) in [5, 5.41) is 20.6. The van der Waals surface area contributed by atoms with Crippen molar-refractivity contribution >= 4 is 11.7 Å². The number of carboxylic acid groups (broad SMARTS) is 1. The summed E-state index contributed by atoms with van der Waals surface area (Å²) in [6.07, 6.45) is 2.90. The van der Waals surface area contributed by atoms with Crippen molar-refractivity contribution in [3.8, 4) is 11.5 Å². The van der Waals surface area contributed by atoms with Crippen LogP contribution in [0.25, 0.3) is 0 Å². The molecule has 1 saturated heterocycles. The quantitative estimate of drug-likeness (QED) is 0.567. The van der Waals surface area contributed by atoms with E-state index in [1.165, 1.54) is 6.42 Å². The van der Waals surface area contributed by atoms with Crippen LogP contribution in [-0.2, 0) is 6.42 Å². The number of aryl methyl sites for hydroxylation is 1. The minimum absolute atomic E-state index is 0.221. The van der Waals surface area contributed by atoms with Crippen molar-refractivity contribution in [3.05, 3.63) is 53.1 Å². The molecular weight excluding hydrogens is 392 g/mol. The Morgan fingerprint density at radius 2 is 1.74 bits per heavy atom. The fraction of sp³-hybridized carbons (Fsp3) is 0.480. The Balaban J connectivity index is 2.08. The van der Waals surface area contributed by atoms with Gasteiger partial charge in [-0.25, -0.2) is 4.79 Å². The fourth-order valence-electron chi connectivity index (χ4n) is 4.13. The highest BCUT2D eigenvalue weighted by molar-refractivity contribution is 5.90. The Hall–Kier alpha value is -2.57. The molecule has 168 valence electrons. The molecule has 31 heavy (non-hydrogen) atoms. The Morgan fingerprint density at radius 3 is 2.32 bits per heavy atom. The van der Waals surface area contributed by atoms with Crippen molar-refractivity contribution in [2.75, 3.05) is 31.1 Å². The van der Waals surface area contributed by atoms with Crippen molar-refractivity contribution in [1.29, 1.82) is 0 Å². The highest BCUT2D eigenvalue weighted by Crippen LogP contribution is 2.39. The molecule has 1 fully saturated rings. The van der Waals surface area contributed by atoms with E-state index in [-0.39, 0.29) is 5.56 Å². The largest absolute Gasteiger partial charge is 0.478 e. The molecule has 0 spiro atoms. The summed E-state index contributed by atoms with van der Waals surface area (Å²) < 4.78 is 6.37. The smallest absolute Gasteiger partial charge is 0.335 e. The maximum absolute atomic E-state index is 11.9. The normalized spacial score (nSPS) is 15.2. The first-order valence-electron chi connectivity index (χ1n) is 11.2. The molecule has 3 rings (SSSR count). The lowest BCUT2D eigenvalue weighted by Crippen LogP contribution is -2.36. The van der Waals surface area contributed by atoms with Gasteiger partial charge in [-0.05, 0) is 63.5 Å². The highest BCUT2D eigenvalue weighted by Gasteiger charge is 2.24. The second kappa shape index (κ2) is 10.6. The molecule has 0 bridgehead atoms. The number of anilines is 1. The van der Waals surface area contributed by atoms with Crippen LogP contribution in [-0.4, -0.2) is 53.5 Å². The van der Waals surface area contributed by atoms with Crippen LogP contribution in [0.4, 0.5) is 5.69 Å². The molecule has 0 aliphatic carbocycles. The van der Waals surface area contributed by atoms with Gasteiger partial charge < -0.3 is 19.8 Å². The number of carbonyl (C=O) groups is 1. The van der Waals surface area contributed by atoms with E-state index in [0.29, 0.717) is 36.6 Å². The Kier molecular flexibility index (Phi) is 7.93. The lowest BCUT2D eigenvalue weighted by atomic mass is 10.0. The predicted molar refractivity (Wildman–Crippen MR) is 123 cm³/mol. The van der Waals surface area contributed by atoms with Crippen LogP contribution >= 0.6 is 0 Å². The number of hydrogen-bond acceptors (Lipinski definition) is 5. The average Bonchev–Trinajstić information content (AvgIpc) is 2.77. The van der Waals surface area contributed by atoms with Crippen LogP contribution < -0.4 is 9.64 Å². The number of aliphatic hydroxyl groups is 1. The van der Waals surface area contributed by atoms with Crippen LogP contribution in [0.15, 0.2) is 36.4 Å². The number of likely N-dealkylation sites (N-methyl/N-ethyl adjacent to an activating group) is 1. The summed E-state index contributed by atoms with van der Waals surface area (Å²) in [7, 11) is 0. The molecule has 6 heteroatoms. The van der Waals surface area contributed by atoms with Gasteiger partial charge in [-0.1, -0.05) is 31.5 Å². The van der Waals surface area contributed by atoms with Gasteiger partial charge in [-0.2, -0.15) is 0 Å². The molecule has 2 aromatic carbocycles. The minimum atomic E-state index is -0.973. The second-order valence-corrected chi connectivity index (χ2v) is 8.16. The SMILES string of the molecule is CCN(CC)[C@H](O)Cc1cc(C(=O)O)cc(N2CCCCC2)c1Oc1ccc(C)cc1. The molecule has 6 nitrogen and oxygen atoms in total. The molecule has 0 unspecified atom stereocenters.